The molecule has 0 radical (unpaired) electrons. The van der Waals surface area contributed by atoms with E-state index in [0.29, 0.717) is 4.13 Å². The van der Waals surface area contributed by atoms with Gasteiger partial charge in [-0.05, 0) is 12.1 Å². The number of anilines is 1. The van der Waals surface area contributed by atoms with E-state index in [2.05, 4.69) is 0 Å². The summed E-state index contributed by atoms with van der Waals surface area (Å²) in [6.07, 6.45) is 0.107. The molecule has 0 heterocycles. The maximum Gasteiger partial charge on any atom is 0.442 e. The highest BCUT2D eigenvalue weighted by Crippen LogP contribution is 2.42. The third-order valence-electron chi connectivity index (χ3n) is 2.30. The molecule has 8 nitrogen and oxygen atoms in total. The summed E-state index contributed by atoms with van der Waals surface area (Å²) < 4.78 is 123. The topological polar surface area (TPSA) is 126 Å². The number of hydrogen-bond donors (Lipinski definition) is 2. The van der Waals surface area contributed by atoms with Crippen LogP contribution < -0.4 is 8.85 Å². The van der Waals surface area contributed by atoms with Crippen molar-refractivity contribution in [3.63, 3.8) is 0 Å². The molecule has 15 heteroatoms. The van der Waals surface area contributed by atoms with Crippen molar-refractivity contribution in [2.24, 2.45) is 0 Å². The van der Waals surface area contributed by atoms with Gasteiger partial charge in [-0.2, -0.15) is 26.0 Å². The summed E-state index contributed by atoms with van der Waals surface area (Å²) in [4.78, 5) is 0. The van der Waals surface area contributed by atoms with E-state index in [1.165, 1.54) is 18.2 Å². The monoisotopic (exact) mass is 414 g/mol. The molecule has 0 bridgehead atoms. The molecule has 138 valence electrons. The van der Waals surface area contributed by atoms with Gasteiger partial charge in [-0.25, -0.2) is 16.8 Å². The van der Waals surface area contributed by atoms with Crippen molar-refractivity contribution in [1.82, 2.24) is 4.13 Å². The number of benzene rings is 1. The second-order valence-electron chi connectivity index (χ2n) is 4.36. The lowest BCUT2D eigenvalue weighted by Gasteiger charge is -2.25. The molecule has 1 aromatic carbocycles. The number of halogens is 4. The third kappa shape index (κ3) is 3.96. The molecule has 0 saturated heterocycles. The maximum atomic E-state index is 13.7. The molecule has 0 amide bonds. The van der Waals surface area contributed by atoms with Crippen molar-refractivity contribution in [3.8, 4) is 0 Å². The molecular weight excluding hydrogens is 404 g/mol. The van der Waals surface area contributed by atoms with Crippen molar-refractivity contribution >= 4 is 35.8 Å². The standard InChI is InChI=1S/C9H10F4N2O6S3/c1-22(16,17)15-24(20,21)9(12,13)8(10,11)23(18,19)14-7-5-3-2-4-6-7/h2-6,14-15H,1H3. The Morgan fingerprint density at radius 1 is 0.792 bits per heavy atom. The first-order valence-corrected chi connectivity index (χ1v) is 10.5. The highest BCUT2D eigenvalue weighted by atomic mass is 32.3. The van der Waals surface area contributed by atoms with Crippen LogP contribution in [0.2, 0.25) is 0 Å². The van der Waals surface area contributed by atoms with Crippen LogP contribution >= 0.6 is 0 Å². The van der Waals surface area contributed by atoms with Gasteiger partial charge in [-0.15, -0.1) is 4.13 Å². The average molecular weight is 414 g/mol. The minimum atomic E-state index is -6.59. The summed E-state index contributed by atoms with van der Waals surface area (Å²) in [7, 11) is -17.7. The van der Waals surface area contributed by atoms with Crippen molar-refractivity contribution in [2.45, 2.75) is 10.5 Å². The van der Waals surface area contributed by atoms with Gasteiger partial charge in [-0.3, -0.25) is 4.72 Å². The Bertz CT molecular complexity index is 913. The molecule has 0 saturated carbocycles. The van der Waals surface area contributed by atoms with Gasteiger partial charge in [0.05, 0.1) is 6.26 Å². The van der Waals surface area contributed by atoms with Gasteiger partial charge in [0.1, 0.15) is 0 Å². The normalized spacial score (nSPS) is 14.4. The van der Waals surface area contributed by atoms with Gasteiger partial charge in [0, 0.05) is 5.69 Å². The first-order valence-electron chi connectivity index (χ1n) is 5.60. The molecule has 0 aliphatic heterocycles. The SMILES string of the molecule is CS(=O)(=O)NS(=O)(=O)C(F)(F)C(F)(F)S(=O)(=O)Nc1ccccc1. The van der Waals surface area contributed by atoms with Crippen LogP contribution in [0.4, 0.5) is 23.2 Å². The van der Waals surface area contributed by atoms with Crippen molar-refractivity contribution in [1.29, 1.82) is 0 Å². The van der Waals surface area contributed by atoms with Crippen LogP contribution in [0.3, 0.4) is 0 Å². The third-order valence-corrected chi connectivity index (χ3v) is 6.89. The summed E-state index contributed by atoms with van der Waals surface area (Å²) in [6.45, 7) is 0. The Balaban J connectivity index is 3.35. The predicted octanol–water partition coefficient (Wildman–Crippen LogP) is 0.493. The summed E-state index contributed by atoms with van der Waals surface area (Å²) in [6, 6.07) is 5.63. The molecule has 1 aromatic rings. The second-order valence-corrected chi connectivity index (χ2v) is 9.82. The zero-order chi connectivity index (χ0) is 19.0. The van der Waals surface area contributed by atoms with Crippen LogP contribution in [0.1, 0.15) is 0 Å². The van der Waals surface area contributed by atoms with Crippen molar-refractivity contribution < 1.29 is 42.8 Å². The number of para-hydroxylation sites is 1. The largest absolute Gasteiger partial charge is 0.442 e. The van der Waals surface area contributed by atoms with Crippen LogP contribution in [0.25, 0.3) is 0 Å². The summed E-state index contributed by atoms with van der Waals surface area (Å²) in [5.41, 5.74) is -0.540. The molecule has 0 aliphatic carbocycles. The Labute approximate surface area is 135 Å². The number of alkyl halides is 4. The molecule has 0 fully saturated rings. The van der Waals surface area contributed by atoms with Crippen LogP contribution in [0.5, 0.6) is 0 Å². The van der Waals surface area contributed by atoms with Gasteiger partial charge in [0.15, 0.2) is 0 Å². The summed E-state index contributed by atoms with van der Waals surface area (Å²) >= 11 is 0. The quantitative estimate of drug-likeness (QED) is 0.626. The molecule has 2 N–H and O–H groups in total. The first-order chi connectivity index (χ1) is 10.5. The van der Waals surface area contributed by atoms with E-state index >= 15 is 0 Å². The molecule has 0 aliphatic rings. The molecule has 0 unspecified atom stereocenters. The van der Waals surface area contributed by atoms with E-state index in [9.17, 15) is 42.8 Å². The van der Waals surface area contributed by atoms with E-state index in [1.54, 1.807) is 0 Å². The van der Waals surface area contributed by atoms with Gasteiger partial charge >= 0.3 is 20.5 Å². The lowest BCUT2D eigenvalue weighted by Crippen LogP contribution is -2.57. The molecule has 0 atom stereocenters. The Morgan fingerprint density at radius 3 is 1.62 bits per heavy atom. The van der Waals surface area contributed by atoms with Crippen LogP contribution in [0, 0.1) is 0 Å². The lowest BCUT2D eigenvalue weighted by molar-refractivity contribution is -0.0965. The second kappa shape index (κ2) is 6.12. The van der Waals surface area contributed by atoms with E-state index < -0.39 is 46.3 Å². The maximum absolute atomic E-state index is 13.7. The van der Waals surface area contributed by atoms with Crippen LogP contribution in [0.15, 0.2) is 30.3 Å². The summed E-state index contributed by atoms with van der Waals surface area (Å²) in [5, 5.41) is -12.5. The zero-order valence-electron chi connectivity index (χ0n) is 11.6. The van der Waals surface area contributed by atoms with Gasteiger partial charge in [-0.1, -0.05) is 18.2 Å². The van der Waals surface area contributed by atoms with Gasteiger partial charge in [0.2, 0.25) is 10.0 Å². The molecule has 0 spiro atoms. The summed E-state index contributed by atoms with van der Waals surface area (Å²) in [5.74, 6) is 0. The number of hydrogen-bond acceptors (Lipinski definition) is 6. The minimum absolute atomic E-state index is 0.107. The van der Waals surface area contributed by atoms with Crippen LogP contribution in [-0.2, 0) is 30.1 Å². The first kappa shape index (κ1) is 20.6. The van der Waals surface area contributed by atoms with Crippen LogP contribution in [-0.4, -0.2) is 42.0 Å². The molecule has 0 aromatic heterocycles. The molecule has 24 heavy (non-hydrogen) atoms. The fraction of sp³-hybridized carbons (Fsp3) is 0.333. The van der Waals surface area contributed by atoms with E-state index in [0.717, 1.165) is 16.9 Å². The Hall–Kier alpha value is -1.45. The fourth-order valence-corrected chi connectivity index (χ4v) is 5.16. The predicted molar refractivity (Wildman–Crippen MR) is 75.8 cm³/mol. The average Bonchev–Trinajstić information content (AvgIpc) is 2.35. The van der Waals surface area contributed by atoms with Gasteiger partial charge < -0.3 is 0 Å². The highest BCUT2D eigenvalue weighted by molar-refractivity contribution is 8.05. The Morgan fingerprint density at radius 2 is 1.21 bits per heavy atom. The van der Waals surface area contributed by atoms with E-state index in [1.807, 2.05) is 0 Å². The highest BCUT2D eigenvalue weighted by Gasteiger charge is 2.74. The van der Waals surface area contributed by atoms with Crippen molar-refractivity contribution in [2.75, 3.05) is 11.0 Å². The lowest BCUT2D eigenvalue weighted by atomic mass is 10.3. The smallest absolute Gasteiger partial charge is 0.278 e. The number of rotatable bonds is 7. The zero-order valence-corrected chi connectivity index (χ0v) is 14.0. The molecular formula is C9H10F4N2O6S3. The van der Waals surface area contributed by atoms with Gasteiger partial charge in [0.25, 0.3) is 10.0 Å². The van der Waals surface area contributed by atoms with Crippen molar-refractivity contribution in [3.05, 3.63) is 30.3 Å². The molecule has 1 rings (SSSR count). The fourth-order valence-electron chi connectivity index (χ4n) is 1.29. The number of nitrogens with one attached hydrogen (secondary N) is 2. The Kier molecular flexibility index (Phi) is 5.25. The minimum Gasteiger partial charge on any atom is -0.278 e. The number of sulfonamides is 3. The van der Waals surface area contributed by atoms with E-state index in [-0.39, 0.29) is 6.26 Å². The van der Waals surface area contributed by atoms with E-state index in [4.69, 9.17) is 0 Å².